The molecule has 1 saturated heterocycles. The maximum Gasteiger partial charge on any atom is 0.318 e. The molecule has 0 spiro atoms. The van der Waals surface area contributed by atoms with Crippen molar-refractivity contribution in [1.82, 2.24) is 19.8 Å². The van der Waals surface area contributed by atoms with Gasteiger partial charge in [-0.25, -0.2) is 9.78 Å². The Bertz CT molecular complexity index is 567. The normalized spacial score (nSPS) is 19.7. The van der Waals surface area contributed by atoms with Gasteiger partial charge in [-0.2, -0.15) is 0 Å². The number of hydrogen-bond acceptors (Lipinski definition) is 3. The monoisotopic (exact) mass is 304 g/mol. The van der Waals surface area contributed by atoms with Crippen molar-refractivity contribution in [3.63, 3.8) is 0 Å². The highest BCUT2D eigenvalue weighted by molar-refractivity contribution is 7.10. The van der Waals surface area contributed by atoms with Crippen molar-refractivity contribution in [2.24, 2.45) is 0 Å². The van der Waals surface area contributed by atoms with E-state index < -0.39 is 0 Å². The summed E-state index contributed by atoms with van der Waals surface area (Å²) < 4.78 is 1.98. The number of carbonyl (C=O) groups is 1. The number of amides is 2. The van der Waals surface area contributed by atoms with E-state index in [0.29, 0.717) is 0 Å². The van der Waals surface area contributed by atoms with Gasteiger partial charge in [0, 0.05) is 36.4 Å². The Hall–Kier alpha value is -1.82. The fourth-order valence-corrected chi connectivity index (χ4v) is 3.71. The topological polar surface area (TPSA) is 50.2 Å². The maximum atomic E-state index is 12.5. The molecule has 2 amide bonds. The lowest BCUT2D eigenvalue weighted by molar-refractivity contribution is 0.189. The van der Waals surface area contributed by atoms with E-state index in [1.165, 1.54) is 4.88 Å². The second-order valence-electron chi connectivity index (χ2n) is 5.48. The summed E-state index contributed by atoms with van der Waals surface area (Å²) in [5.74, 6) is 0. The van der Waals surface area contributed by atoms with Crippen LogP contribution in [0.25, 0.3) is 0 Å². The Morgan fingerprint density at radius 2 is 2.52 bits per heavy atom. The first-order chi connectivity index (χ1) is 10.2. The average Bonchev–Trinajstić information content (AvgIpc) is 3.20. The molecule has 6 heteroatoms. The molecule has 1 fully saturated rings. The SMILES string of the molecule is C[C@@H](Cn1ccnc1)NC(=O)N1CCC[C@H]1c1cccs1. The quantitative estimate of drug-likeness (QED) is 0.944. The van der Waals surface area contributed by atoms with Crippen LogP contribution in [0.3, 0.4) is 0 Å². The number of rotatable bonds is 4. The number of imidazole rings is 1. The fourth-order valence-electron chi connectivity index (χ4n) is 2.84. The van der Waals surface area contributed by atoms with Gasteiger partial charge >= 0.3 is 6.03 Å². The Kier molecular flexibility index (Phi) is 4.24. The Morgan fingerprint density at radius 3 is 3.24 bits per heavy atom. The molecule has 21 heavy (non-hydrogen) atoms. The lowest BCUT2D eigenvalue weighted by atomic mass is 10.2. The zero-order chi connectivity index (χ0) is 14.7. The number of hydrogen-bond donors (Lipinski definition) is 1. The summed E-state index contributed by atoms with van der Waals surface area (Å²) in [5.41, 5.74) is 0. The second kappa shape index (κ2) is 6.30. The van der Waals surface area contributed by atoms with Crippen LogP contribution < -0.4 is 5.32 Å². The number of nitrogens with zero attached hydrogens (tertiary/aromatic N) is 3. The molecule has 1 N–H and O–H groups in total. The smallest absolute Gasteiger partial charge is 0.318 e. The molecule has 3 rings (SSSR count). The Balaban J connectivity index is 1.59. The van der Waals surface area contributed by atoms with E-state index in [-0.39, 0.29) is 18.1 Å². The van der Waals surface area contributed by atoms with Crippen molar-refractivity contribution >= 4 is 17.4 Å². The third kappa shape index (κ3) is 3.26. The molecule has 0 aromatic carbocycles. The van der Waals surface area contributed by atoms with Crippen molar-refractivity contribution in [2.45, 2.75) is 38.4 Å². The van der Waals surface area contributed by atoms with Gasteiger partial charge in [0.15, 0.2) is 0 Å². The molecule has 2 atom stereocenters. The van der Waals surface area contributed by atoms with E-state index >= 15 is 0 Å². The van der Waals surface area contributed by atoms with Gasteiger partial charge < -0.3 is 14.8 Å². The van der Waals surface area contributed by atoms with Crippen LogP contribution in [-0.4, -0.2) is 33.1 Å². The molecule has 0 radical (unpaired) electrons. The number of nitrogens with one attached hydrogen (secondary N) is 1. The van der Waals surface area contributed by atoms with E-state index in [9.17, 15) is 4.79 Å². The van der Waals surface area contributed by atoms with Gasteiger partial charge in [0.05, 0.1) is 12.4 Å². The van der Waals surface area contributed by atoms with Gasteiger partial charge in [-0.1, -0.05) is 6.07 Å². The highest BCUT2D eigenvalue weighted by Gasteiger charge is 2.30. The lowest BCUT2D eigenvalue weighted by Crippen LogP contribution is -2.44. The molecule has 0 saturated carbocycles. The van der Waals surface area contributed by atoms with Gasteiger partial charge in [0.2, 0.25) is 0 Å². The minimum absolute atomic E-state index is 0.0403. The molecule has 0 unspecified atom stereocenters. The van der Waals surface area contributed by atoms with Crippen LogP contribution in [0.2, 0.25) is 0 Å². The molecule has 2 aromatic heterocycles. The Morgan fingerprint density at radius 1 is 1.62 bits per heavy atom. The number of thiophene rings is 1. The van der Waals surface area contributed by atoms with Crippen molar-refractivity contribution in [3.05, 3.63) is 41.1 Å². The molecule has 1 aliphatic rings. The van der Waals surface area contributed by atoms with Crippen molar-refractivity contribution < 1.29 is 4.79 Å². The predicted molar refractivity (Wildman–Crippen MR) is 83.2 cm³/mol. The molecule has 0 aliphatic carbocycles. The molecule has 2 aromatic rings. The Labute approximate surface area is 128 Å². The van der Waals surface area contributed by atoms with E-state index in [1.807, 2.05) is 22.6 Å². The molecular formula is C15H20N4OS. The molecular weight excluding hydrogens is 284 g/mol. The third-order valence-electron chi connectivity index (χ3n) is 3.80. The zero-order valence-corrected chi connectivity index (χ0v) is 12.9. The maximum absolute atomic E-state index is 12.5. The number of urea groups is 1. The van der Waals surface area contributed by atoms with Crippen LogP contribution in [-0.2, 0) is 6.54 Å². The number of likely N-dealkylation sites (tertiary alicyclic amines) is 1. The standard InChI is InChI=1S/C15H20N4OS/c1-12(10-18-8-6-16-11-18)17-15(20)19-7-2-4-13(19)14-5-3-9-21-14/h3,5-6,8-9,11-13H,2,4,7,10H2,1H3,(H,17,20)/t12-,13-/m0/s1. The van der Waals surface area contributed by atoms with Crippen LogP contribution >= 0.6 is 11.3 Å². The molecule has 1 aliphatic heterocycles. The first-order valence-electron chi connectivity index (χ1n) is 7.30. The van der Waals surface area contributed by atoms with Crippen LogP contribution in [0.4, 0.5) is 4.79 Å². The minimum atomic E-state index is 0.0403. The lowest BCUT2D eigenvalue weighted by Gasteiger charge is -2.26. The molecule has 0 bridgehead atoms. The van der Waals surface area contributed by atoms with E-state index in [2.05, 4.69) is 27.8 Å². The average molecular weight is 304 g/mol. The van der Waals surface area contributed by atoms with E-state index in [0.717, 1.165) is 25.9 Å². The second-order valence-corrected chi connectivity index (χ2v) is 6.46. The number of carbonyl (C=O) groups excluding carboxylic acids is 1. The molecule has 112 valence electrons. The van der Waals surface area contributed by atoms with Gasteiger partial charge in [-0.3, -0.25) is 0 Å². The summed E-state index contributed by atoms with van der Waals surface area (Å²) in [7, 11) is 0. The van der Waals surface area contributed by atoms with Crippen LogP contribution in [0.15, 0.2) is 36.2 Å². The molecule has 5 nitrogen and oxygen atoms in total. The van der Waals surface area contributed by atoms with Crippen LogP contribution in [0.1, 0.15) is 30.7 Å². The van der Waals surface area contributed by atoms with E-state index in [1.54, 1.807) is 23.9 Å². The van der Waals surface area contributed by atoms with Gasteiger partial charge in [-0.05, 0) is 31.2 Å². The number of aromatic nitrogens is 2. The summed E-state index contributed by atoms with van der Waals surface area (Å²) in [6.45, 7) is 3.60. The highest BCUT2D eigenvalue weighted by atomic mass is 32.1. The van der Waals surface area contributed by atoms with Crippen molar-refractivity contribution in [2.75, 3.05) is 6.54 Å². The van der Waals surface area contributed by atoms with E-state index in [4.69, 9.17) is 0 Å². The first kappa shape index (κ1) is 14.1. The van der Waals surface area contributed by atoms with Gasteiger partial charge in [0.25, 0.3) is 0 Å². The fraction of sp³-hybridized carbons (Fsp3) is 0.467. The van der Waals surface area contributed by atoms with Crippen LogP contribution in [0, 0.1) is 0 Å². The largest absolute Gasteiger partial charge is 0.335 e. The summed E-state index contributed by atoms with van der Waals surface area (Å²) >= 11 is 1.73. The summed E-state index contributed by atoms with van der Waals surface area (Å²) in [4.78, 5) is 19.8. The summed E-state index contributed by atoms with van der Waals surface area (Å²) in [6.07, 6.45) is 7.57. The van der Waals surface area contributed by atoms with Crippen LogP contribution in [0.5, 0.6) is 0 Å². The minimum Gasteiger partial charge on any atom is -0.335 e. The summed E-state index contributed by atoms with van der Waals surface area (Å²) in [5, 5.41) is 5.17. The third-order valence-corrected chi connectivity index (χ3v) is 4.77. The zero-order valence-electron chi connectivity index (χ0n) is 12.1. The van der Waals surface area contributed by atoms with Gasteiger partial charge in [0.1, 0.15) is 0 Å². The van der Waals surface area contributed by atoms with Crippen molar-refractivity contribution in [3.8, 4) is 0 Å². The highest BCUT2D eigenvalue weighted by Crippen LogP contribution is 2.34. The van der Waals surface area contributed by atoms with Gasteiger partial charge in [-0.15, -0.1) is 11.3 Å². The summed E-state index contributed by atoms with van der Waals surface area (Å²) in [6, 6.07) is 4.53. The van der Waals surface area contributed by atoms with Crippen molar-refractivity contribution in [1.29, 1.82) is 0 Å². The molecule has 3 heterocycles. The predicted octanol–water partition coefficient (Wildman–Crippen LogP) is 2.88. The first-order valence-corrected chi connectivity index (χ1v) is 8.18.